The molecule has 0 unspecified atom stereocenters. The van der Waals surface area contributed by atoms with Crippen molar-refractivity contribution in [1.82, 2.24) is 0 Å². The molecule has 35 heavy (non-hydrogen) atoms. The highest BCUT2D eigenvalue weighted by Crippen LogP contribution is 2.64. The molecule has 0 saturated heterocycles. The predicted octanol–water partition coefficient (Wildman–Crippen LogP) is 7.51. The Morgan fingerprint density at radius 2 is 0.857 bits per heavy atom. The quantitative estimate of drug-likeness (QED) is 0.132. The summed E-state index contributed by atoms with van der Waals surface area (Å²) in [6.45, 7) is 0.504. The van der Waals surface area contributed by atoms with Gasteiger partial charge in [0.25, 0.3) is 0 Å². The average molecular weight is 562 g/mol. The van der Waals surface area contributed by atoms with Gasteiger partial charge in [-0.2, -0.15) is 74.6 Å². The molecule has 0 amide bonds. The second-order valence-corrected chi connectivity index (χ2v) is 7.07. The summed E-state index contributed by atoms with van der Waals surface area (Å²) in [6, 6.07) is 0. The molecule has 210 valence electrons. The van der Waals surface area contributed by atoms with Crippen LogP contribution in [0.3, 0.4) is 0 Å². The van der Waals surface area contributed by atoms with Crippen LogP contribution in [-0.4, -0.2) is 60.2 Å². The standard InChI is InChI=1S/C16H15F17O2/c1-2-3-4-5-6-7-35-8(34)9(17,18)10(19,20)11(21,22)12(23,24)13(25,26)14(27,28)15(29,30)16(31,32)33/h2-7H2,1H3. The Morgan fingerprint density at radius 3 is 1.23 bits per heavy atom. The van der Waals surface area contributed by atoms with Gasteiger partial charge in [0.2, 0.25) is 0 Å². The van der Waals surface area contributed by atoms with Crippen molar-refractivity contribution in [3.8, 4) is 0 Å². The molecule has 0 aliphatic rings. The summed E-state index contributed by atoms with van der Waals surface area (Å²) in [5, 5.41) is 0. The Kier molecular flexibility index (Phi) is 9.48. The Hall–Kier alpha value is -1.72. The number of alkyl halides is 17. The van der Waals surface area contributed by atoms with Gasteiger partial charge in [0, 0.05) is 0 Å². The summed E-state index contributed by atoms with van der Waals surface area (Å²) < 4.78 is 226. The van der Waals surface area contributed by atoms with Crippen LogP contribution < -0.4 is 0 Å². The number of hydrogen-bond donors (Lipinski definition) is 0. The lowest BCUT2D eigenvalue weighted by Gasteiger charge is -2.42. The van der Waals surface area contributed by atoms with E-state index in [1.165, 1.54) is 0 Å². The maximum Gasteiger partial charge on any atom is 0.460 e. The number of carbonyl (C=O) groups excluding carboxylic acids is 1. The van der Waals surface area contributed by atoms with Gasteiger partial charge in [-0.05, 0) is 6.42 Å². The van der Waals surface area contributed by atoms with Crippen LogP contribution in [0.5, 0.6) is 0 Å². The van der Waals surface area contributed by atoms with Crippen molar-refractivity contribution in [3.05, 3.63) is 0 Å². The predicted molar refractivity (Wildman–Crippen MR) is 80.4 cm³/mol. The van der Waals surface area contributed by atoms with Gasteiger partial charge in [0.1, 0.15) is 0 Å². The number of unbranched alkanes of at least 4 members (excludes halogenated alkanes) is 4. The van der Waals surface area contributed by atoms with E-state index in [-0.39, 0.29) is 12.8 Å². The summed E-state index contributed by atoms with van der Waals surface area (Å²) in [7, 11) is 0. The lowest BCUT2D eigenvalue weighted by Crippen LogP contribution is -2.75. The zero-order valence-corrected chi connectivity index (χ0v) is 17.0. The molecule has 0 N–H and O–H groups in total. The second-order valence-electron chi connectivity index (χ2n) is 7.07. The van der Waals surface area contributed by atoms with E-state index in [1.54, 1.807) is 6.92 Å². The number of carbonyl (C=O) groups is 1. The van der Waals surface area contributed by atoms with Crippen LogP contribution in [-0.2, 0) is 9.53 Å². The first-order valence-corrected chi connectivity index (χ1v) is 9.12. The van der Waals surface area contributed by atoms with Crippen LogP contribution in [0.1, 0.15) is 39.0 Å². The van der Waals surface area contributed by atoms with Crippen LogP contribution >= 0.6 is 0 Å². The SMILES string of the molecule is CCCCCCCOC(=O)C(F)(F)C(F)(F)C(F)(F)C(F)(F)C(F)(F)C(F)(F)C(F)(F)C(F)(F)F. The minimum atomic E-state index is -8.73. The van der Waals surface area contributed by atoms with Crippen molar-refractivity contribution in [2.45, 2.75) is 86.7 Å². The van der Waals surface area contributed by atoms with Crippen LogP contribution in [0.25, 0.3) is 0 Å². The second kappa shape index (κ2) is 9.97. The van der Waals surface area contributed by atoms with Gasteiger partial charge in [-0.1, -0.05) is 32.6 Å². The summed E-state index contributed by atoms with van der Waals surface area (Å²) in [5.74, 6) is -61.7. The molecule has 0 aliphatic carbocycles. The van der Waals surface area contributed by atoms with E-state index < -0.39 is 60.2 Å². The fraction of sp³-hybridized carbons (Fsp3) is 0.938. The normalized spacial score (nSPS) is 15.4. The van der Waals surface area contributed by atoms with Crippen LogP contribution in [0.4, 0.5) is 74.6 Å². The maximum atomic E-state index is 13.6. The molecule has 19 heteroatoms. The number of ether oxygens (including phenoxy) is 1. The maximum absolute atomic E-state index is 13.6. The van der Waals surface area contributed by atoms with Crippen LogP contribution in [0.15, 0.2) is 0 Å². The van der Waals surface area contributed by atoms with Gasteiger partial charge in [0.05, 0.1) is 6.61 Å². The van der Waals surface area contributed by atoms with Crippen molar-refractivity contribution >= 4 is 5.97 Å². The summed E-state index contributed by atoms with van der Waals surface area (Å²) in [5.41, 5.74) is 0. The lowest BCUT2D eigenvalue weighted by atomic mass is 9.89. The van der Waals surface area contributed by atoms with Gasteiger partial charge in [-0.3, -0.25) is 0 Å². The molecule has 0 bridgehead atoms. The fourth-order valence-corrected chi connectivity index (χ4v) is 2.25. The average Bonchev–Trinajstić information content (AvgIpc) is 2.68. The summed E-state index contributed by atoms with van der Waals surface area (Å²) in [6.07, 6.45) is -6.54. The molecule has 0 fully saturated rings. The first-order valence-electron chi connectivity index (χ1n) is 9.12. The van der Waals surface area contributed by atoms with E-state index in [0.29, 0.717) is 19.3 Å². The van der Waals surface area contributed by atoms with Crippen molar-refractivity contribution in [3.63, 3.8) is 0 Å². The largest absolute Gasteiger partial charge is 0.461 e. The molecule has 0 spiro atoms. The zero-order chi connectivity index (χ0) is 28.5. The number of rotatable bonds is 13. The van der Waals surface area contributed by atoms with Gasteiger partial charge in [-0.15, -0.1) is 0 Å². The number of hydrogen-bond acceptors (Lipinski definition) is 2. The Labute approximate surface area is 184 Å². The molecular formula is C16H15F17O2. The van der Waals surface area contributed by atoms with Crippen LogP contribution in [0, 0.1) is 0 Å². The molecule has 0 atom stereocenters. The highest BCUT2D eigenvalue weighted by atomic mass is 19.4. The van der Waals surface area contributed by atoms with Gasteiger partial charge >= 0.3 is 53.6 Å². The third-order valence-corrected chi connectivity index (χ3v) is 4.46. The smallest absolute Gasteiger partial charge is 0.460 e. The van der Waals surface area contributed by atoms with Crippen LogP contribution in [0.2, 0.25) is 0 Å². The fourth-order valence-electron chi connectivity index (χ4n) is 2.25. The van der Waals surface area contributed by atoms with Crippen molar-refractivity contribution < 1.29 is 84.2 Å². The molecule has 0 radical (unpaired) electrons. The van der Waals surface area contributed by atoms with Gasteiger partial charge < -0.3 is 4.74 Å². The van der Waals surface area contributed by atoms with Crippen molar-refractivity contribution in [1.29, 1.82) is 0 Å². The lowest BCUT2D eigenvalue weighted by molar-refractivity contribution is -0.460. The van der Waals surface area contributed by atoms with Crippen molar-refractivity contribution in [2.75, 3.05) is 6.61 Å². The highest BCUT2D eigenvalue weighted by molar-refractivity contribution is 5.79. The molecule has 0 saturated carbocycles. The van der Waals surface area contributed by atoms with Gasteiger partial charge in [-0.25, -0.2) is 4.79 Å². The first-order chi connectivity index (χ1) is 15.2. The van der Waals surface area contributed by atoms with E-state index >= 15 is 0 Å². The monoisotopic (exact) mass is 562 g/mol. The number of halogens is 17. The minimum Gasteiger partial charge on any atom is -0.461 e. The van der Waals surface area contributed by atoms with E-state index in [9.17, 15) is 79.4 Å². The van der Waals surface area contributed by atoms with Gasteiger partial charge in [0.15, 0.2) is 0 Å². The zero-order valence-electron chi connectivity index (χ0n) is 17.0. The molecule has 2 nitrogen and oxygen atoms in total. The summed E-state index contributed by atoms with van der Waals surface area (Å²) >= 11 is 0. The minimum absolute atomic E-state index is 0.0893. The molecule has 0 aromatic carbocycles. The number of esters is 1. The molecule has 0 rings (SSSR count). The molecule has 0 heterocycles. The molecule has 0 aromatic heterocycles. The van der Waals surface area contributed by atoms with Crippen molar-refractivity contribution in [2.24, 2.45) is 0 Å². The Morgan fingerprint density at radius 1 is 0.514 bits per heavy atom. The highest BCUT2D eigenvalue weighted by Gasteiger charge is 2.95. The molecular weight excluding hydrogens is 547 g/mol. The van der Waals surface area contributed by atoms with E-state index in [4.69, 9.17) is 0 Å². The summed E-state index contributed by atoms with van der Waals surface area (Å²) in [4.78, 5) is 11.1. The first kappa shape index (κ1) is 33.3. The topological polar surface area (TPSA) is 26.3 Å². The third kappa shape index (κ3) is 5.22. The molecule has 0 aromatic rings. The van der Waals surface area contributed by atoms with E-state index in [0.717, 1.165) is 0 Å². The molecule has 0 aliphatic heterocycles. The van der Waals surface area contributed by atoms with E-state index in [2.05, 4.69) is 4.74 Å². The van der Waals surface area contributed by atoms with E-state index in [1.807, 2.05) is 0 Å². The Balaban J connectivity index is 6.19. The Bertz CT molecular complexity index is 726. The third-order valence-electron chi connectivity index (χ3n) is 4.46.